The third kappa shape index (κ3) is 3.54. The van der Waals surface area contributed by atoms with E-state index < -0.39 is 11.7 Å². The largest absolute Gasteiger partial charge is 0.417 e. The molecule has 0 saturated heterocycles. The van der Waals surface area contributed by atoms with E-state index in [4.69, 9.17) is 0 Å². The van der Waals surface area contributed by atoms with E-state index in [0.29, 0.717) is 12.1 Å². The molecule has 20 heavy (non-hydrogen) atoms. The van der Waals surface area contributed by atoms with Gasteiger partial charge in [0.25, 0.3) is 0 Å². The summed E-state index contributed by atoms with van der Waals surface area (Å²) < 4.78 is 37.5. The molecular weight excluding hydrogens is 267 g/mol. The fourth-order valence-corrected chi connectivity index (χ4v) is 1.89. The molecule has 0 radical (unpaired) electrons. The van der Waals surface area contributed by atoms with Crippen molar-refractivity contribution in [2.75, 3.05) is 7.05 Å². The molecule has 0 aromatic carbocycles. The first-order valence-corrected chi connectivity index (χ1v) is 6.10. The van der Waals surface area contributed by atoms with Gasteiger partial charge in [-0.25, -0.2) is 0 Å². The number of aromatic nitrogens is 2. The molecule has 1 unspecified atom stereocenters. The van der Waals surface area contributed by atoms with E-state index in [0.717, 1.165) is 17.8 Å². The molecule has 1 atom stereocenters. The van der Waals surface area contributed by atoms with Crippen LogP contribution < -0.4 is 5.32 Å². The highest BCUT2D eigenvalue weighted by Crippen LogP contribution is 2.29. The second kappa shape index (κ2) is 6.00. The van der Waals surface area contributed by atoms with Crippen molar-refractivity contribution >= 4 is 0 Å². The number of likely N-dealkylation sites (N-methyl/N-ethyl adjacent to an activating group) is 1. The summed E-state index contributed by atoms with van der Waals surface area (Å²) in [6.45, 7) is 0. The molecule has 2 rings (SSSR count). The Kier molecular flexibility index (Phi) is 4.34. The van der Waals surface area contributed by atoms with Gasteiger partial charge in [-0.2, -0.15) is 13.2 Å². The predicted octanol–water partition coefficient (Wildman–Crippen LogP) is 3.00. The summed E-state index contributed by atoms with van der Waals surface area (Å²) in [5.41, 5.74) is 0.887. The van der Waals surface area contributed by atoms with E-state index in [1.165, 1.54) is 6.07 Å². The van der Waals surface area contributed by atoms with Crippen molar-refractivity contribution in [3.05, 3.63) is 59.7 Å². The molecule has 3 nitrogen and oxygen atoms in total. The standard InChI is InChI=1S/C14H14F3N3/c1-18-13(8-10-4-6-19-7-5-10)12-3-2-11(9-20-12)14(15,16)17/h2-7,9,13,18H,8H2,1H3. The van der Waals surface area contributed by atoms with Crippen LogP contribution in [0.2, 0.25) is 0 Å². The van der Waals surface area contributed by atoms with Crippen molar-refractivity contribution in [1.82, 2.24) is 15.3 Å². The Morgan fingerprint density at radius 2 is 1.85 bits per heavy atom. The molecule has 6 heteroatoms. The number of nitrogens with zero attached hydrogens (tertiary/aromatic N) is 2. The maximum atomic E-state index is 12.5. The average Bonchev–Trinajstić information content (AvgIpc) is 2.45. The summed E-state index contributed by atoms with van der Waals surface area (Å²) in [6, 6.07) is 6.06. The topological polar surface area (TPSA) is 37.8 Å². The monoisotopic (exact) mass is 281 g/mol. The first-order valence-electron chi connectivity index (χ1n) is 6.10. The van der Waals surface area contributed by atoms with Gasteiger partial charge in [-0.05, 0) is 43.3 Å². The van der Waals surface area contributed by atoms with Gasteiger partial charge < -0.3 is 5.32 Å². The van der Waals surface area contributed by atoms with Crippen molar-refractivity contribution < 1.29 is 13.2 Å². The Balaban J connectivity index is 2.16. The maximum absolute atomic E-state index is 12.5. The molecule has 0 aliphatic heterocycles. The predicted molar refractivity (Wildman–Crippen MR) is 69.0 cm³/mol. The molecule has 2 aromatic heterocycles. The smallest absolute Gasteiger partial charge is 0.311 e. The van der Waals surface area contributed by atoms with E-state index in [1.807, 2.05) is 12.1 Å². The Morgan fingerprint density at radius 1 is 1.15 bits per heavy atom. The van der Waals surface area contributed by atoms with E-state index >= 15 is 0 Å². The number of alkyl halides is 3. The lowest BCUT2D eigenvalue weighted by Crippen LogP contribution is -2.20. The Bertz CT molecular complexity index is 538. The summed E-state index contributed by atoms with van der Waals surface area (Å²) in [7, 11) is 1.76. The Hall–Kier alpha value is -1.95. The highest BCUT2D eigenvalue weighted by molar-refractivity contribution is 5.21. The van der Waals surface area contributed by atoms with Crippen LogP contribution >= 0.6 is 0 Å². The molecule has 0 amide bonds. The highest BCUT2D eigenvalue weighted by Gasteiger charge is 2.30. The molecule has 0 spiro atoms. The third-order valence-electron chi connectivity index (χ3n) is 3.01. The lowest BCUT2D eigenvalue weighted by Gasteiger charge is -2.16. The van der Waals surface area contributed by atoms with Crippen molar-refractivity contribution in [2.45, 2.75) is 18.6 Å². The van der Waals surface area contributed by atoms with E-state index in [-0.39, 0.29) is 6.04 Å². The number of hydrogen-bond acceptors (Lipinski definition) is 3. The molecule has 0 fully saturated rings. The van der Waals surface area contributed by atoms with Crippen LogP contribution in [-0.4, -0.2) is 17.0 Å². The van der Waals surface area contributed by atoms with Crippen molar-refractivity contribution in [2.24, 2.45) is 0 Å². The van der Waals surface area contributed by atoms with E-state index in [2.05, 4.69) is 15.3 Å². The van der Waals surface area contributed by atoms with Crippen LogP contribution in [0.4, 0.5) is 13.2 Å². The van der Waals surface area contributed by atoms with Gasteiger partial charge in [-0.15, -0.1) is 0 Å². The van der Waals surface area contributed by atoms with Gasteiger partial charge in [0, 0.05) is 18.6 Å². The van der Waals surface area contributed by atoms with Gasteiger partial charge in [0.05, 0.1) is 17.3 Å². The zero-order valence-electron chi connectivity index (χ0n) is 10.9. The highest BCUT2D eigenvalue weighted by atomic mass is 19.4. The number of rotatable bonds is 4. The molecule has 0 bridgehead atoms. The van der Waals surface area contributed by atoms with Crippen LogP contribution in [0.15, 0.2) is 42.9 Å². The number of pyridine rings is 2. The summed E-state index contributed by atoms with van der Waals surface area (Å²) in [6.07, 6.45) is 0.514. The van der Waals surface area contributed by atoms with Crippen LogP contribution in [-0.2, 0) is 12.6 Å². The summed E-state index contributed by atoms with van der Waals surface area (Å²) in [5, 5.41) is 3.06. The second-order valence-electron chi connectivity index (χ2n) is 4.37. The van der Waals surface area contributed by atoms with E-state index in [9.17, 15) is 13.2 Å². The molecule has 0 saturated carbocycles. The first kappa shape index (κ1) is 14.5. The van der Waals surface area contributed by atoms with Crippen LogP contribution in [0, 0.1) is 0 Å². The van der Waals surface area contributed by atoms with Gasteiger partial charge in [0.1, 0.15) is 0 Å². The molecule has 0 aliphatic carbocycles. The van der Waals surface area contributed by atoms with Gasteiger partial charge >= 0.3 is 6.18 Å². The number of nitrogens with one attached hydrogen (secondary N) is 1. The second-order valence-corrected chi connectivity index (χ2v) is 4.37. The minimum absolute atomic E-state index is 0.139. The van der Waals surface area contributed by atoms with Crippen molar-refractivity contribution in [3.8, 4) is 0 Å². The zero-order chi connectivity index (χ0) is 14.6. The van der Waals surface area contributed by atoms with Gasteiger partial charge in [0.2, 0.25) is 0 Å². The Labute approximate surface area is 114 Å². The number of hydrogen-bond donors (Lipinski definition) is 1. The van der Waals surface area contributed by atoms with Gasteiger partial charge in [0.15, 0.2) is 0 Å². The zero-order valence-corrected chi connectivity index (χ0v) is 10.9. The van der Waals surface area contributed by atoms with Gasteiger partial charge in [-0.1, -0.05) is 0 Å². The minimum Gasteiger partial charge on any atom is -0.311 e. The molecule has 1 N–H and O–H groups in total. The van der Waals surface area contributed by atoms with E-state index in [1.54, 1.807) is 19.4 Å². The minimum atomic E-state index is -4.36. The summed E-state index contributed by atoms with van der Waals surface area (Å²) in [4.78, 5) is 7.84. The first-order chi connectivity index (χ1) is 9.50. The quantitative estimate of drug-likeness (QED) is 0.936. The van der Waals surface area contributed by atoms with Crippen LogP contribution in [0.25, 0.3) is 0 Å². The van der Waals surface area contributed by atoms with Crippen molar-refractivity contribution in [1.29, 1.82) is 0 Å². The SMILES string of the molecule is CNC(Cc1ccncc1)c1ccc(C(F)(F)F)cn1. The number of halogens is 3. The van der Waals surface area contributed by atoms with Crippen LogP contribution in [0.5, 0.6) is 0 Å². The van der Waals surface area contributed by atoms with Gasteiger partial charge in [-0.3, -0.25) is 9.97 Å². The molecule has 0 aliphatic rings. The fourth-order valence-electron chi connectivity index (χ4n) is 1.89. The Morgan fingerprint density at radius 3 is 2.35 bits per heavy atom. The van der Waals surface area contributed by atoms with Crippen molar-refractivity contribution in [3.63, 3.8) is 0 Å². The molecular formula is C14H14F3N3. The molecule has 2 heterocycles. The molecule has 2 aromatic rings. The third-order valence-corrected chi connectivity index (χ3v) is 3.01. The average molecular weight is 281 g/mol. The lowest BCUT2D eigenvalue weighted by atomic mass is 10.0. The fraction of sp³-hybridized carbons (Fsp3) is 0.286. The summed E-state index contributed by atoms with van der Waals surface area (Å²) in [5.74, 6) is 0. The molecule has 106 valence electrons. The van der Waals surface area contributed by atoms with Crippen LogP contribution in [0.1, 0.15) is 22.9 Å². The van der Waals surface area contributed by atoms with Crippen LogP contribution in [0.3, 0.4) is 0 Å². The lowest BCUT2D eigenvalue weighted by molar-refractivity contribution is -0.137. The normalized spacial score (nSPS) is 13.2. The maximum Gasteiger partial charge on any atom is 0.417 e. The summed E-state index contributed by atoms with van der Waals surface area (Å²) >= 11 is 0.